The minimum absolute atomic E-state index is 0.0703. The van der Waals surface area contributed by atoms with Crippen LogP contribution in [-0.2, 0) is 6.42 Å². The third-order valence-electron chi connectivity index (χ3n) is 3.52. The molecule has 114 valence electrons. The molecule has 0 unspecified atom stereocenters. The quantitative estimate of drug-likeness (QED) is 0.305. The molecule has 0 aliphatic heterocycles. The van der Waals surface area contributed by atoms with Crippen molar-refractivity contribution in [3.63, 3.8) is 0 Å². The number of aryl methyl sites for hydroxylation is 1. The summed E-state index contributed by atoms with van der Waals surface area (Å²) in [4.78, 5) is 0.802. The largest absolute Gasteiger partial charge is 0.371 e. The van der Waals surface area contributed by atoms with E-state index in [0.717, 1.165) is 24.3 Å². The molecule has 0 saturated carbocycles. The van der Waals surface area contributed by atoms with Crippen LogP contribution in [0.25, 0.3) is 0 Å². The molecule has 0 bridgehead atoms. The van der Waals surface area contributed by atoms with Gasteiger partial charge in [-0.25, -0.2) is 0 Å². The zero-order valence-electron chi connectivity index (χ0n) is 13.4. The number of allylic oxidation sites excluding steroid dienone is 3. The highest BCUT2D eigenvalue weighted by atomic mass is 32.1. The van der Waals surface area contributed by atoms with Crippen molar-refractivity contribution < 1.29 is 0 Å². The van der Waals surface area contributed by atoms with Crippen molar-refractivity contribution in [3.8, 4) is 0 Å². The Hall–Kier alpha value is -1.41. The fourth-order valence-corrected chi connectivity index (χ4v) is 2.20. The van der Waals surface area contributed by atoms with E-state index in [1.165, 1.54) is 12.0 Å². The fourth-order valence-electron chi connectivity index (χ4n) is 1.85. The first-order valence-corrected chi connectivity index (χ1v) is 8.13. The van der Waals surface area contributed by atoms with Crippen LogP contribution in [0.15, 0.2) is 54.6 Å². The average molecular weight is 301 g/mol. The van der Waals surface area contributed by atoms with Crippen LogP contribution in [0.5, 0.6) is 0 Å². The first-order valence-electron chi connectivity index (χ1n) is 7.73. The van der Waals surface area contributed by atoms with Gasteiger partial charge in [-0.15, -0.1) is 0 Å². The smallest absolute Gasteiger partial charge is 0.0992 e. The summed E-state index contributed by atoms with van der Waals surface area (Å²) in [6.45, 7) is 6.48. The van der Waals surface area contributed by atoms with E-state index >= 15 is 0 Å². The molecule has 21 heavy (non-hydrogen) atoms. The summed E-state index contributed by atoms with van der Waals surface area (Å²) in [6.07, 6.45) is 12.7. The maximum atomic E-state index is 5.30. The summed E-state index contributed by atoms with van der Waals surface area (Å²) in [5, 5.41) is 3.34. The molecule has 1 aromatic rings. The molecule has 0 radical (unpaired) electrons. The van der Waals surface area contributed by atoms with Crippen LogP contribution in [-0.4, -0.2) is 10.5 Å². The predicted octanol–water partition coefficient (Wildman–Crippen LogP) is 5.23. The number of hydrogen-bond donors (Lipinski definition) is 1. The van der Waals surface area contributed by atoms with E-state index in [1.807, 2.05) is 12.2 Å². The van der Waals surface area contributed by atoms with Crippen molar-refractivity contribution in [1.29, 1.82) is 0 Å². The Labute approximate surface area is 135 Å². The molecule has 0 atom stereocenters. The predicted molar refractivity (Wildman–Crippen MR) is 97.8 cm³/mol. The maximum absolute atomic E-state index is 5.30. The summed E-state index contributed by atoms with van der Waals surface area (Å²) in [7, 11) is 0. The second kappa shape index (κ2) is 9.51. The second-order valence-electron chi connectivity index (χ2n) is 5.89. The molecular weight excluding hydrogens is 274 g/mol. The van der Waals surface area contributed by atoms with E-state index in [4.69, 9.17) is 12.2 Å². The van der Waals surface area contributed by atoms with Crippen molar-refractivity contribution in [1.82, 2.24) is 5.32 Å². The van der Waals surface area contributed by atoms with E-state index < -0.39 is 0 Å². The van der Waals surface area contributed by atoms with Gasteiger partial charge in [0.25, 0.3) is 0 Å². The first-order chi connectivity index (χ1) is 10.0. The van der Waals surface area contributed by atoms with Gasteiger partial charge >= 0.3 is 0 Å². The van der Waals surface area contributed by atoms with E-state index in [1.54, 1.807) is 0 Å². The molecule has 0 aliphatic carbocycles. The standard InChI is InChI=1S/C19H27NS/c1-4-19(2,3)20-18(21)16-12-7-5-6-9-13-17-14-10-8-11-15-17/h5,7-8,10-12,14-16H,4,6,9,13H2,1-3H3,(H,20,21)/b7-5+,16-12+. The number of nitrogens with one attached hydrogen (secondary N) is 1. The SMILES string of the molecule is CCC(C)(C)NC(=S)/C=C/C=C/CCCc1ccccc1. The van der Waals surface area contributed by atoms with Crippen molar-refractivity contribution in [2.45, 2.75) is 52.0 Å². The lowest BCUT2D eigenvalue weighted by molar-refractivity contribution is 0.449. The molecule has 0 amide bonds. The molecule has 0 aliphatic rings. The normalized spacial score (nSPS) is 12.1. The Morgan fingerprint density at radius 3 is 2.57 bits per heavy atom. The summed E-state index contributed by atoms with van der Waals surface area (Å²) in [5.74, 6) is 0. The lowest BCUT2D eigenvalue weighted by Crippen LogP contribution is -2.41. The van der Waals surface area contributed by atoms with Gasteiger partial charge in [-0.2, -0.15) is 0 Å². The van der Waals surface area contributed by atoms with E-state index in [2.05, 4.69) is 68.6 Å². The zero-order valence-corrected chi connectivity index (χ0v) is 14.2. The maximum Gasteiger partial charge on any atom is 0.0992 e. The van der Waals surface area contributed by atoms with Crippen molar-refractivity contribution in [2.75, 3.05) is 0 Å². The van der Waals surface area contributed by atoms with Crippen LogP contribution in [0.2, 0.25) is 0 Å². The summed E-state index contributed by atoms with van der Waals surface area (Å²) in [5.41, 5.74) is 1.48. The van der Waals surface area contributed by atoms with Crippen LogP contribution in [0.3, 0.4) is 0 Å². The van der Waals surface area contributed by atoms with Gasteiger partial charge in [-0.05, 0) is 51.2 Å². The topological polar surface area (TPSA) is 12.0 Å². The van der Waals surface area contributed by atoms with Crippen LogP contribution < -0.4 is 5.32 Å². The van der Waals surface area contributed by atoms with E-state index in [-0.39, 0.29) is 5.54 Å². The third kappa shape index (κ3) is 8.46. The minimum atomic E-state index is 0.0703. The molecule has 1 N–H and O–H groups in total. The first kappa shape index (κ1) is 17.6. The third-order valence-corrected chi connectivity index (χ3v) is 3.76. The highest BCUT2D eigenvalue weighted by Gasteiger charge is 2.13. The molecule has 0 heterocycles. The molecule has 2 heteroatoms. The van der Waals surface area contributed by atoms with Gasteiger partial charge in [0.2, 0.25) is 0 Å². The zero-order chi connectivity index (χ0) is 15.6. The van der Waals surface area contributed by atoms with Crippen LogP contribution >= 0.6 is 12.2 Å². The van der Waals surface area contributed by atoms with Gasteiger partial charge in [-0.3, -0.25) is 0 Å². The van der Waals surface area contributed by atoms with Gasteiger partial charge in [-0.1, -0.05) is 67.7 Å². The van der Waals surface area contributed by atoms with Crippen molar-refractivity contribution in [3.05, 3.63) is 60.2 Å². The van der Waals surface area contributed by atoms with E-state index in [0.29, 0.717) is 0 Å². The Kier molecular flexibility index (Phi) is 7.99. The molecular formula is C19H27NS. The van der Waals surface area contributed by atoms with Crippen LogP contribution in [0.1, 0.15) is 45.6 Å². The highest BCUT2D eigenvalue weighted by Crippen LogP contribution is 2.07. The number of unbranched alkanes of at least 4 members (excludes halogenated alkanes) is 1. The molecule has 1 nitrogen and oxygen atoms in total. The average Bonchev–Trinajstić information content (AvgIpc) is 2.47. The van der Waals surface area contributed by atoms with Crippen LogP contribution in [0, 0.1) is 0 Å². The molecule has 1 aromatic carbocycles. The highest BCUT2D eigenvalue weighted by molar-refractivity contribution is 7.80. The van der Waals surface area contributed by atoms with Gasteiger partial charge in [0.1, 0.15) is 0 Å². The van der Waals surface area contributed by atoms with Crippen molar-refractivity contribution >= 4 is 17.2 Å². The van der Waals surface area contributed by atoms with Gasteiger partial charge in [0.05, 0.1) is 4.99 Å². The minimum Gasteiger partial charge on any atom is -0.371 e. The molecule has 0 fully saturated rings. The fraction of sp³-hybridized carbons (Fsp3) is 0.421. The monoisotopic (exact) mass is 301 g/mol. The van der Waals surface area contributed by atoms with Gasteiger partial charge in [0, 0.05) is 5.54 Å². The second-order valence-corrected chi connectivity index (χ2v) is 6.33. The Balaban J connectivity index is 2.19. The Morgan fingerprint density at radius 2 is 1.90 bits per heavy atom. The van der Waals surface area contributed by atoms with Gasteiger partial charge in [0.15, 0.2) is 0 Å². The summed E-state index contributed by atoms with van der Waals surface area (Å²) >= 11 is 5.30. The number of rotatable bonds is 8. The molecule has 0 spiro atoms. The van der Waals surface area contributed by atoms with Crippen LogP contribution in [0.4, 0.5) is 0 Å². The van der Waals surface area contributed by atoms with Gasteiger partial charge < -0.3 is 5.32 Å². The number of thiocarbonyl (C=S) groups is 1. The van der Waals surface area contributed by atoms with Crippen molar-refractivity contribution in [2.24, 2.45) is 0 Å². The lowest BCUT2D eigenvalue weighted by atomic mass is 10.0. The molecule has 1 rings (SSSR count). The number of hydrogen-bond acceptors (Lipinski definition) is 1. The summed E-state index contributed by atoms with van der Waals surface area (Å²) < 4.78 is 0. The Morgan fingerprint density at radius 1 is 1.19 bits per heavy atom. The lowest BCUT2D eigenvalue weighted by Gasteiger charge is -2.24. The van der Waals surface area contributed by atoms with E-state index in [9.17, 15) is 0 Å². The molecule has 0 aromatic heterocycles. The Bertz CT molecular complexity index is 472. The molecule has 0 saturated heterocycles. The number of benzene rings is 1. The summed E-state index contributed by atoms with van der Waals surface area (Å²) in [6, 6.07) is 10.6.